The first-order chi connectivity index (χ1) is 15.4. The van der Waals surface area contributed by atoms with Gasteiger partial charge in [0.25, 0.3) is 0 Å². The van der Waals surface area contributed by atoms with Gasteiger partial charge in [0.05, 0.1) is 0 Å². The molecule has 3 aliphatic rings. The van der Waals surface area contributed by atoms with Gasteiger partial charge in [0.2, 0.25) is 0 Å². The van der Waals surface area contributed by atoms with Crippen molar-refractivity contribution >= 4 is 0 Å². The van der Waals surface area contributed by atoms with Crippen LogP contribution in [-0.4, -0.2) is 0 Å². The van der Waals surface area contributed by atoms with Gasteiger partial charge in [-0.15, -0.1) is 16.7 Å². The van der Waals surface area contributed by atoms with Gasteiger partial charge in [0.15, 0.2) is 0 Å². The maximum absolute atomic E-state index is 3.61. The first-order valence-corrected chi connectivity index (χ1v) is 10.9. The van der Waals surface area contributed by atoms with Gasteiger partial charge in [0, 0.05) is 0 Å². The van der Waals surface area contributed by atoms with Crippen LogP contribution in [0.15, 0.2) is 103 Å². The molecule has 1 heteroatoms. The quantitative estimate of drug-likeness (QED) is 0.194. The molecule has 4 aromatic carbocycles. The summed E-state index contributed by atoms with van der Waals surface area (Å²) in [4.78, 5) is 0. The third-order valence-electron chi connectivity index (χ3n) is 6.45. The molecule has 4 aromatic rings. The largest absolute Gasteiger partial charge is 4.00 e. The third kappa shape index (κ3) is 4.73. The molecule has 0 amide bonds. The Morgan fingerprint density at radius 2 is 1.15 bits per heavy atom. The minimum absolute atomic E-state index is 0. The Morgan fingerprint density at radius 1 is 0.588 bits per heavy atom. The van der Waals surface area contributed by atoms with Crippen LogP contribution in [0.4, 0.5) is 0 Å². The van der Waals surface area contributed by atoms with Crippen molar-refractivity contribution in [2.45, 2.75) is 18.8 Å². The summed E-state index contributed by atoms with van der Waals surface area (Å²) in [6, 6.07) is 34.9. The van der Waals surface area contributed by atoms with Gasteiger partial charge in [-0.1, -0.05) is 95.1 Å². The Hall–Kier alpha value is -2.76. The molecular formula is C33H28Zr. The van der Waals surface area contributed by atoms with Gasteiger partial charge in [-0.25, -0.2) is 0 Å². The minimum Gasteiger partial charge on any atom is -0.358 e. The third-order valence-corrected chi connectivity index (χ3v) is 6.45. The van der Waals surface area contributed by atoms with Crippen LogP contribution in [0.1, 0.15) is 33.7 Å². The van der Waals surface area contributed by atoms with E-state index >= 15 is 0 Å². The number of rotatable bonds is 1. The second-order valence-electron chi connectivity index (χ2n) is 8.33. The Bertz CT molecular complexity index is 1290. The minimum atomic E-state index is 0. The number of fused-ring (bicyclic) bond motifs is 6. The van der Waals surface area contributed by atoms with E-state index in [4.69, 9.17) is 0 Å². The molecule has 7 rings (SSSR count). The standard InChI is InChI=1S/C18H13.C13H9.2CH3.Zr/c1-2-6-13(5-1)14-9-10-18-16(11-14)12-15-7-3-4-8-17(15)18;1-3-7-12-10(5-1)9-11-6-2-4-8-13(11)12;;;/h1-10,13H,12H2;1-5,7-8H,9H2;2*1H3;/q4*-1;+4. The SMILES string of the molecule is [CH3-].[CH3-].[Zr+4].[c-]1c(C2C=CC=C2)ccc2c1Cc1ccccc1-2.[c-]1cccc2c1Cc1ccccc1-2. The first-order valence-electron chi connectivity index (χ1n) is 10.9. The summed E-state index contributed by atoms with van der Waals surface area (Å²) in [5, 5.41) is 0. The van der Waals surface area contributed by atoms with Crippen molar-refractivity contribution in [3.8, 4) is 22.3 Å². The predicted molar refractivity (Wildman–Crippen MR) is 141 cm³/mol. The Balaban J connectivity index is 0.000000182. The van der Waals surface area contributed by atoms with E-state index in [9.17, 15) is 0 Å². The maximum atomic E-state index is 3.61. The molecule has 0 saturated heterocycles. The van der Waals surface area contributed by atoms with Crippen molar-refractivity contribution in [1.29, 1.82) is 0 Å². The zero-order valence-corrected chi connectivity index (χ0v) is 22.3. The monoisotopic (exact) mass is 514 g/mol. The summed E-state index contributed by atoms with van der Waals surface area (Å²) in [7, 11) is 0. The van der Waals surface area contributed by atoms with Gasteiger partial charge in [0.1, 0.15) is 0 Å². The van der Waals surface area contributed by atoms with Crippen LogP contribution in [0.2, 0.25) is 0 Å². The first kappa shape index (κ1) is 25.9. The second kappa shape index (κ2) is 11.1. The van der Waals surface area contributed by atoms with Crippen LogP contribution in [0.3, 0.4) is 0 Å². The van der Waals surface area contributed by atoms with Crippen molar-refractivity contribution in [3.63, 3.8) is 0 Å². The number of hydrogen-bond donors (Lipinski definition) is 0. The Morgan fingerprint density at radius 3 is 1.82 bits per heavy atom. The molecule has 0 aliphatic heterocycles. The fraction of sp³-hybridized carbons (Fsp3) is 0.0909. The van der Waals surface area contributed by atoms with Crippen LogP contribution in [0, 0.1) is 27.0 Å². The number of hydrogen-bond acceptors (Lipinski definition) is 0. The Labute approximate surface area is 224 Å². The molecule has 0 nitrogen and oxygen atoms in total. The summed E-state index contributed by atoms with van der Waals surface area (Å²) >= 11 is 0. The summed E-state index contributed by atoms with van der Waals surface area (Å²) < 4.78 is 0. The average molecular weight is 516 g/mol. The molecule has 0 heterocycles. The normalized spacial score (nSPS) is 13.2. The van der Waals surface area contributed by atoms with Crippen LogP contribution >= 0.6 is 0 Å². The van der Waals surface area contributed by atoms with Gasteiger partial charge in [-0.2, -0.15) is 53.6 Å². The van der Waals surface area contributed by atoms with E-state index in [1.165, 1.54) is 50.1 Å². The molecule has 164 valence electrons. The molecule has 0 aromatic heterocycles. The number of benzene rings is 4. The smallest absolute Gasteiger partial charge is 0.358 e. The van der Waals surface area contributed by atoms with Gasteiger partial charge in [-0.3, -0.25) is 0 Å². The molecular weight excluding hydrogens is 488 g/mol. The molecule has 0 N–H and O–H groups in total. The van der Waals surface area contributed by atoms with E-state index in [1.54, 1.807) is 0 Å². The van der Waals surface area contributed by atoms with E-state index in [0.717, 1.165) is 12.8 Å². The molecule has 0 unspecified atom stereocenters. The zero-order valence-electron chi connectivity index (χ0n) is 19.8. The second-order valence-corrected chi connectivity index (χ2v) is 8.33. The van der Waals surface area contributed by atoms with Crippen molar-refractivity contribution in [1.82, 2.24) is 0 Å². The molecule has 0 spiro atoms. The molecule has 0 saturated carbocycles. The van der Waals surface area contributed by atoms with Crippen molar-refractivity contribution in [2.75, 3.05) is 0 Å². The van der Waals surface area contributed by atoms with Crippen LogP contribution in [-0.2, 0) is 39.0 Å². The molecule has 3 aliphatic carbocycles. The molecule has 0 radical (unpaired) electrons. The van der Waals surface area contributed by atoms with Gasteiger partial charge < -0.3 is 14.9 Å². The topological polar surface area (TPSA) is 0 Å². The molecule has 0 fully saturated rings. The van der Waals surface area contributed by atoms with E-state index in [1.807, 2.05) is 6.07 Å². The zero-order chi connectivity index (χ0) is 20.6. The summed E-state index contributed by atoms with van der Waals surface area (Å²) in [6.07, 6.45) is 10.7. The Kier molecular flexibility index (Phi) is 8.45. The van der Waals surface area contributed by atoms with Gasteiger partial charge in [-0.05, 0) is 18.8 Å². The predicted octanol–water partition coefficient (Wildman–Crippen LogP) is 8.22. The van der Waals surface area contributed by atoms with Crippen LogP contribution < -0.4 is 0 Å². The average Bonchev–Trinajstić information content (AvgIpc) is 3.55. The van der Waals surface area contributed by atoms with E-state index in [2.05, 4.69) is 109 Å². The van der Waals surface area contributed by atoms with Crippen LogP contribution in [0.5, 0.6) is 0 Å². The van der Waals surface area contributed by atoms with Gasteiger partial charge >= 0.3 is 26.2 Å². The number of allylic oxidation sites excluding steroid dienone is 4. The summed E-state index contributed by atoms with van der Waals surface area (Å²) in [5.41, 5.74) is 12.3. The fourth-order valence-electron chi connectivity index (χ4n) is 4.91. The fourth-order valence-corrected chi connectivity index (χ4v) is 4.91. The van der Waals surface area contributed by atoms with E-state index < -0.39 is 0 Å². The summed E-state index contributed by atoms with van der Waals surface area (Å²) in [5.74, 6) is 0.416. The summed E-state index contributed by atoms with van der Waals surface area (Å²) in [6.45, 7) is 0. The van der Waals surface area contributed by atoms with E-state index in [-0.39, 0.29) is 41.1 Å². The van der Waals surface area contributed by atoms with Crippen molar-refractivity contribution in [2.24, 2.45) is 0 Å². The molecule has 0 bridgehead atoms. The van der Waals surface area contributed by atoms with E-state index in [0.29, 0.717) is 5.92 Å². The molecule has 34 heavy (non-hydrogen) atoms. The van der Waals surface area contributed by atoms with Crippen molar-refractivity contribution in [3.05, 3.63) is 158 Å². The van der Waals surface area contributed by atoms with Crippen molar-refractivity contribution < 1.29 is 26.2 Å². The van der Waals surface area contributed by atoms with Crippen LogP contribution in [0.25, 0.3) is 22.3 Å². The maximum Gasteiger partial charge on any atom is 4.00 e. The molecule has 0 atom stereocenters.